The molecule has 0 bridgehead atoms. The Bertz CT molecular complexity index is 366. The molecule has 0 heterocycles. The molecule has 0 aliphatic heterocycles. The highest BCUT2D eigenvalue weighted by Crippen LogP contribution is 2.32. The van der Waals surface area contributed by atoms with Gasteiger partial charge in [-0.25, -0.2) is 9.59 Å². The van der Waals surface area contributed by atoms with Gasteiger partial charge in [0.2, 0.25) is 0 Å². The monoisotopic (exact) mass is 284 g/mol. The summed E-state index contributed by atoms with van der Waals surface area (Å²) in [5.74, 6) is -0.381. The fourth-order valence-electron chi connectivity index (χ4n) is 2.73. The van der Waals surface area contributed by atoms with Crippen LogP contribution in [0.3, 0.4) is 0 Å². The van der Waals surface area contributed by atoms with Crippen molar-refractivity contribution in [3.05, 3.63) is 0 Å². The zero-order valence-corrected chi connectivity index (χ0v) is 13.3. The summed E-state index contributed by atoms with van der Waals surface area (Å²) in [7, 11) is 1.71. The summed E-state index contributed by atoms with van der Waals surface area (Å²) < 4.78 is 0. The lowest BCUT2D eigenvalue weighted by molar-refractivity contribution is -0.146. The van der Waals surface area contributed by atoms with E-state index < -0.39 is 11.5 Å². The minimum atomic E-state index is -1.09. The molecule has 20 heavy (non-hydrogen) atoms. The number of nitrogens with zero attached hydrogens (tertiary/aromatic N) is 1. The van der Waals surface area contributed by atoms with Crippen LogP contribution in [0.15, 0.2) is 0 Å². The Morgan fingerprint density at radius 2 is 1.80 bits per heavy atom. The van der Waals surface area contributed by atoms with Gasteiger partial charge in [0.25, 0.3) is 0 Å². The van der Waals surface area contributed by atoms with Crippen molar-refractivity contribution in [2.75, 3.05) is 13.6 Å². The zero-order chi connectivity index (χ0) is 15.6. The fourth-order valence-corrected chi connectivity index (χ4v) is 2.73. The molecule has 0 saturated heterocycles. The Balaban J connectivity index is 2.72. The number of urea groups is 1. The van der Waals surface area contributed by atoms with Crippen molar-refractivity contribution in [2.24, 2.45) is 11.3 Å². The first-order valence-corrected chi connectivity index (χ1v) is 7.32. The van der Waals surface area contributed by atoms with E-state index in [9.17, 15) is 14.7 Å². The normalized spacial score (nSPS) is 26.9. The van der Waals surface area contributed by atoms with Crippen molar-refractivity contribution < 1.29 is 14.7 Å². The van der Waals surface area contributed by atoms with Crippen LogP contribution in [0.1, 0.15) is 53.4 Å². The Labute approximate surface area is 121 Å². The number of amides is 2. The van der Waals surface area contributed by atoms with E-state index in [0.29, 0.717) is 25.3 Å². The van der Waals surface area contributed by atoms with Crippen LogP contribution in [0.5, 0.6) is 0 Å². The SMILES string of the molecule is CC1CCC(NC(=O)N(C)CC(C)(C)C)(C(=O)O)CC1. The van der Waals surface area contributed by atoms with Crippen LogP contribution in [0, 0.1) is 11.3 Å². The average molecular weight is 284 g/mol. The lowest BCUT2D eigenvalue weighted by atomic mass is 9.77. The highest BCUT2D eigenvalue weighted by Gasteiger charge is 2.43. The number of aliphatic carboxylic acids is 1. The number of rotatable bonds is 3. The van der Waals surface area contributed by atoms with Crippen molar-refractivity contribution in [2.45, 2.75) is 58.9 Å². The lowest BCUT2D eigenvalue weighted by Gasteiger charge is -2.38. The molecule has 1 aliphatic rings. The van der Waals surface area contributed by atoms with Crippen LogP contribution in [-0.4, -0.2) is 41.1 Å². The minimum Gasteiger partial charge on any atom is -0.480 e. The molecule has 0 unspecified atom stereocenters. The molecule has 2 amide bonds. The molecule has 0 aromatic rings. The van der Waals surface area contributed by atoms with E-state index in [4.69, 9.17) is 0 Å². The molecule has 116 valence electrons. The van der Waals surface area contributed by atoms with Crippen molar-refractivity contribution in [1.29, 1.82) is 0 Å². The van der Waals surface area contributed by atoms with Gasteiger partial charge in [-0.1, -0.05) is 27.7 Å². The van der Waals surface area contributed by atoms with Gasteiger partial charge >= 0.3 is 12.0 Å². The maximum Gasteiger partial charge on any atom is 0.329 e. The maximum absolute atomic E-state index is 12.2. The summed E-state index contributed by atoms with van der Waals surface area (Å²) in [6, 6.07) is -0.295. The van der Waals surface area contributed by atoms with E-state index in [0.717, 1.165) is 12.8 Å². The minimum absolute atomic E-state index is 0.0104. The van der Waals surface area contributed by atoms with Crippen LogP contribution < -0.4 is 5.32 Å². The average Bonchev–Trinajstić information content (AvgIpc) is 2.29. The molecule has 1 rings (SSSR count). The summed E-state index contributed by atoms with van der Waals surface area (Å²) >= 11 is 0. The Morgan fingerprint density at radius 1 is 1.30 bits per heavy atom. The number of hydrogen-bond acceptors (Lipinski definition) is 2. The first kappa shape index (κ1) is 16.8. The summed E-state index contributed by atoms with van der Waals surface area (Å²) in [6.45, 7) is 8.86. The first-order valence-electron chi connectivity index (χ1n) is 7.32. The number of hydrogen-bond donors (Lipinski definition) is 2. The van der Waals surface area contributed by atoms with Crippen molar-refractivity contribution >= 4 is 12.0 Å². The van der Waals surface area contributed by atoms with Gasteiger partial charge < -0.3 is 15.3 Å². The molecule has 2 N–H and O–H groups in total. The molecule has 5 heteroatoms. The van der Waals surface area contributed by atoms with E-state index in [1.165, 1.54) is 0 Å². The van der Waals surface area contributed by atoms with Crippen LogP contribution in [-0.2, 0) is 4.79 Å². The van der Waals surface area contributed by atoms with Gasteiger partial charge in [-0.2, -0.15) is 0 Å². The van der Waals surface area contributed by atoms with Crippen LogP contribution in [0.2, 0.25) is 0 Å². The quantitative estimate of drug-likeness (QED) is 0.837. The topological polar surface area (TPSA) is 69.6 Å². The Kier molecular flexibility index (Phi) is 5.05. The highest BCUT2D eigenvalue weighted by molar-refractivity contribution is 5.86. The summed E-state index contributed by atoms with van der Waals surface area (Å²) in [4.78, 5) is 25.4. The van der Waals surface area contributed by atoms with Crippen molar-refractivity contribution in [1.82, 2.24) is 10.2 Å². The van der Waals surface area contributed by atoms with Gasteiger partial charge in [-0.05, 0) is 37.0 Å². The van der Waals surface area contributed by atoms with Crippen LogP contribution in [0.25, 0.3) is 0 Å². The smallest absolute Gasteiger partial charge is 0.329 e. The van der Waals surface area contributed by atoms with E-state index in [1.807, 2.05) is 20.8 Å². The molecular weight excluding hydrogens is 256 g/mol. The zero-order valence-electron chi connectivity index (χ0n) is 13.3. The molecule has 5 nitrogen and oxygen atoms in total. The second kappa shape index (κ2) is 6.02. The van der Waals surface area contributed by atoms with Gasteiger partial charge in [0.1, 0.15) is 5.54 Å². The molecule has 0 aromatic carbocycles. The Hall–Kier alpha value is -1.26. The van der Waals surface area contributed by atoms with Crippen molar-refractivity contribution in [3.63, 3.8) is 0 Å². The number of carbonyl (C=O) groups excluding carboxylic acids is 1. The second-order valence-corrected chi connectivity index (χ2v) is 7.42. The van der Waals surface area contributed by atoms with Gasteiger partial charge in [0, 0.05) is 13.6 Å². The second-order valence-electron chi connectivity index (χ2n) is 7.42. The fraction of sp³-hybridized carbons (Fsp3) is 0.867. The Morgan fingerprint density at radius 3 is 2.20 bits per heavy atom. The maximum atomic E-state index is 12.2. The van der Waals surface area contributed by atoms with E-state index >= 15 is 0 Å². The lowest BCUT2D eigenvalue weighted by Crippen LogP contribution is -2.59. The van der Waals surface area contributed by atoms with E-state index in [-0.39, 0.29) is 11.4 Å². The third-order valence-electron chi connectivity index (χ3n) is 3.94. The molecule has 0 aromatic heterocycles. The number of carbonyl (C=O) groups is 2. The molecular formula is C15H28N2O3. The summed E-state index contributed by atoms with van der Waals surface area (Å²) in [5, 5.41) is 12.3. The van der Waals surface area contributed by atoms with Gasteiger partial charge in [-0.15, -0.1) is 0 Å². The predicted octanol–water partition coefficient (Wildman–Crippen LogP) is 2.71. The molecule has 1 aliphatic carbocycles. The van der Waals surface area contributed by atoms with Gasteiger partial charge in [-0.3, -0.25) is 0 Å². The molecule has 1 saturated carbocycles. The molecule has 0 atom stereocenters. The van der Waals surface area contributed by atoms with Crippen LogP contribution >= 0.6 is 0 Å². The van der Waals surface area contributed by atoms with E-state index in [1.54, 1.807) is 11.9 Å². The third-order valence-corrected chi connectivity index (χ3v) is 3.94. The van der Waals surface area contributed by atoms with E-state index in [2.05, 4.69) is 12.2 Å². The third kappa shape index (κ3) is 4.39. The summed E-state index contributed by atoms with van der Waals surface area (Å²) in [5.41, 5.74) is -1.10. The molecule has 0 radical (unpaired) electrons. The first-order chi connectivity index (χ1) is 9.06. The van der Waals surface area contributed by atoms with Crippen LogP contribution in [0.4, 0.5) is 4.79 Å². The predicted molar refractivity (Wildman–Crippen MR) is 78.6 cm³/mol. The highest BCUT2D eigenvalue weighted by atomic mass is 16.4. The van der Waals surface area contributed by atoms with Crippen molar-refractivity contribution in [3.8, 4) is 0 Å². The number of carboxylic acid groups (broad SMARTS) is 1. The van der Waals surface area contributed by atoms with Gasteiger partial charge in [0.15, 0.2) is 0 Å². The molecule has 0 spiro atoms. The molecule has 1 fully saturated rings. The summed E-state index contributed by atoms with van der Waals surface area (Å²) in [6.07, 6.45) is 2.71. The van der Waals surface area contributed by atoms with Gasteiger partial charge in [0.05, 0.1) is 0 Å². The largest absolute Gasteiger partial charge is 0.480 e. The standard InChI is InChI=1S/C15H28N2O3/c1-11-6-8-15(9-7-11,12(18)19)16-13(20)17(5)10-14(2,3)4/h11H,6-10H2,1-5H3,(H,16,20)(H,18,19). The number of carboxylic acids is 1. The number of nitrogens with one attached hydrogen (secondary N) is 1.